The summed E-state index contributed by atoms with van der Waals surface area (Å²) < 4.78 is 15.5. The molecular weight excluding hydrogens is 220 g/mol. The highest BCUT2D eigenvalue weighted by Crippen LogP contribution is 2.27. The van der Waals surface area contributed by atoms with Crippen molar-refractivity contribution in [2.24, 2.45) is 0 Å². The summed E-state index contributed by atoms with van der Waals surface area (Å²) in [5, 5.41) is 0. The Bertz CT molecular complexity index is 350. The molecule has 0 aromatic heterocycles. The van der Waals surface area contributed by atoms with Crippen molar-refractivity contribution < 1.29 is 19.0 Å². The van der Waals surface area contributed by atoms with Gasteiger partial charge in [0, 0.05) is 14.2 Å². The lowest BCUT2D eigenvalue weighted by Gasteiger charge is -2.29. The van der Waals surface area contributed by atoms with Gasteiger partial charge in [0.2, 0.25) is 5.60 Å². The first-order chi connectivity index (χ1) is 8.21. The number of rotatable bonds is 6. The van der Waals surface area contributed by atoms with Crippen LogP contribution >= 0.6 is 0 Å². The maximum atomic E-state index is 12.1. The van der Waals surface area contributed by atoms with Gasteiger partial charge in [-0.3, -0.25) is 0 Å². The molecule has 0 fully saturated rings. The second-order valence-electron chi connectivity index (χ2n) is 3.55. The molecule has 0 aliphatic carbocycles. The predicted molar refractivity (Wildman–Crippen MR) is 63.6 cm³/mol. The van der Waals surface area contributed by atoms with Gasteiger partial charge in [-0.15, -0.1) is 0 Å². The number of esters is 1. The Morgan fingerprint density at radius 2 is 1.88 bits per heavy atom. The molecule has 0 N–H and O–H groups in total. The Labute approximate surface area is 101 Å². The van der Waals surface area contributed by atoms with Crippen LogP contribution in [0.2, 0.25) is 0 Å². The lowest BCUT2D eigenvalue weighted by atomic mass is 9.94. The zero-order chi connectivity index (χ0) is 12.7. The van der Waals surface area contributed by atoms with Crippen LogP contribution in [0.5, 0.6) is 0 Å². The predicted octanol–water partition coefficient (Wildman–Crippen LogP) is 1.74. The summed E-state index contributed by atoms with van der Waals surface area (Å²) in [5.41, 5.74) is -0.464. The number of ether oxygens (including phenoxy) is 3. The molecule has 0 amide bonds. The van der Waals surface area contributed by atoms with Gasteiger partial charge in [0.15, 0.2) is 0 Å². The first kappa shape index (κ1) is 13.7. The van der Waals surface area contributed by atoms with Gasteiger partial charge < -0.3 is 14.2 Å². The minimum absolute atomic E-state index is 0.117. The molecule has 1 rings (SSSR count). The number of hydrogen-bond donors (Lipinski definition) is 0. The van der Waals surface area contributed by atoms with Crippen LogP contribution in [0.3, 0.4) is 0 Å². The number of benzene rings is 1. The van der Waals surface area contributed by atoms with E-state index in [1.807, 2.05) is 30.3 Å². The van der Waals surface area contributed by atoms with Crippen molar-refractivity contribution >= 4 is 5.97 Å². The molecule has 0 saturated carbocycles. The number of hydrogen-bond acceptors (Lipinski definition) is 4. The van der Waals surface area contributed by atoms with E-state index in [0.29, 0.717) is 6.61 Å². The molecule has 0 aliphatic rings. The molecule has 1 unspecified atom stereocenters. The monoisotopic (exact) mass is 238 g/mol. The van der Waals surface area contributed by atoms with Crippen LogP contribution in [-0.4, -0.2) is 33.4 Å². The summed E-state index contributed by atoms with van der Waals surface area (Å²) in [7, 11) is 3.00. The molecule has 0 heterocycles. The van der Waals surface area contributed by atoms with Crippen molar-refractivity contribution in [3.8, 4) is 0 Å². The zero-order valence-corrected chi connectivity index (χ0v) is 10.4. The standard InChI is InChI=1S/C13H18O4/c1-4-17-12(14)13(16-3,10-15-2)11-8-6-5-7-9-11/h5-9H,4,10H2,1-3H3. The van der Waals surface area contributed by atoms with Crippen molar-refractivity contribution in [2.45, 2.75) is 12.5 Å². The normalized spacial score (nSPS) is 14.1. The van der Waals surface area contributed by atoms with E-state index in [0.717, 1.165) is 5.56 Å². The summed E-state index contributed by atoms with van der Waals surface area (Å²) in [5.74, 6) is -0.435. The molecule has 4 nitrogen and oxygen atoms in total. The largest absolute Gasteiger partial charge is 0.464 e. The van der Waals surface area contributed by atoms with Crippen molar-refractivity contribution in [3.63, 3.8) is 0 Å². The van der Waals surface area contributed by atoms with Crippen LogP contribution in [0.25, 0.3) is 0 Å². The summed E-state index contributed by atoms with van der Waals surface area (Å²) in [6.07, 6.45) is 0. The fourth-order valence-corrected chi connectivity index (χ4v) is 1.68. The average molecular weight is 238 g/mol. The maximum absolute atomic E-state index is 12.1. The van der Waals surface area contributed by atoms with E-state index >= 15 is 0 Å². The first-order valence-electron chi connectivity index (χ1n) is 5.48. The van der Waals surface area contributed by atoms with Crippen molar-refractivity contribution in [1.29, 1.82) is 0 Å². The minimum Gasteiger partial charge on any atom is -0.464 e. The Morgan fingerprint density at radius 1 is 1.24 bits per heavy atom. The summed E-state index contributed by atoms with van der Waals surface area (Å²) in [6, 6.07) is 9.21. The SMILES string of the molecule is CCOC(=O)C(COC)(OC)c1ccccc1. The van der Waals surface area contributed by atoms with E-state index in [9.17, 15) is 4.79 Å². The van der Waals surface area contributed by atoms with Crippen LogP contribution < -0.4 is 0 Å². The van der Waals surface area contributed by atoms with Crippen LogP contribution in [-0.2, 0) is 24.6 Å². The maximum Gasteiger partial charge on any atom is 0.345 e. The smallest absolute Gasteiger partial charge is 0.345 e. The van der Waals surface area contributed by atoms with Gasteiger partial charge in [-0.25, -0.2) is 4.79 Å². The van der Waals surface area contributed by atoms with E-state index in [2.05, 4.69) is 0 Å². The topological polar surface area (TPSA) is 44.8 Å². The van der Waals surface area contributed by atoms with Gasteiger partial charge >= 0.3 is 5.97 Å². The van der Waals surface area contributed by atoms with Crippen LogP contribution in [0.4, 0.5) is 0 Å². The average Bonchev–Trinajstić information content (AvgIpc) is 2.37. The molecule has 1 aromatic rings. The number of methoxy groups -OCH3 is 2. The van der Waals surface area contributed by atoms with E-state index in [-0.39, 0.29) is 6.61 Å². The molecule has 1 atom stereocenters. The minimum atomic E-state index is -1.19. The van der Waals surface area contributed by atoms with E-state index in [4.69, 9.17) is 14.2 Å². The summed E-state index contributed by atoms with van der Waals surface area (Å²) in [4.78, 5) is 12.1. The summed E-state index contributed by atoms with van der Waals surface area (Å²) >= 11 is 0. The third kappa shape index (κ3) is 2.84. The molecule has 0 bridgehead atoms. The molecular formula is C13H18O4. The molecule has 0 saturated heterocycles. The molecule has 0 radical (unpaired) electrons. The second kappa shape index (κ2) is 6.37. The van der Waals surface area contributed by atoms with E-state index < -0.39 is 11.6 Å². The lowest BCUT2D eigenvalue weighted by Crippen LogP contribution is -2.43. The highest BCUT2D eigenvalue weighted by molar-refractivity contribution is 5.81. The van der Waals surface area contributed by atoms with Crippen molar-refractivity contribution in [3.05, 3.63) is 35.9 Å². The van der Waals surface area contributed by atoms with Gasteiger partial charge in [-0.1, -0.05) is 30.3 Å². The molecule has 4 heteroatoms. The molecule has 0 aliphatic heterocycles. The van der Waals surface area contributed by atoms with Gasteiger partial charge in [0.1, 0.15) is 0 Å². The van der Waals surface area contributed by atoms with E-state index in [1.54, 1.807) is 6.92 Å². The second-order valence-corrected chi connectivity index (χ2v) is 3.55. The van der Waals surface area contributed by atoms with Gasteiger partial charge in [-0.05, 0) is 12.5 Å². The van der Waals surface area contributed by atoms with Crippen molar-refractivity contribution in [2.75, 3.05) is 27.4 Å². The van der Waals surface area contributed by atoms with Gasteiger partial charge in [0.05, 0.1) is 13.2 Å². The molecule has 94 valence electrons. The van der Waals surface area contributed by atoms with Gasteiger partial charge in [-0.2, -0.15) is 0 Å². The third-order valence-electron chi connectivity index (χ3n) is 2.54. The third-order valence-corrected chi connectivity index (χ3v) is 2.54. The quantitative estimate of drug-likeness (QED) is 0.708. The van der Waals surface area contributed by atoms with Crippen LogP contribution in [0, 0.1) is 0 Å². The summed E-state index contributed by atoms with van der Waals surface area (Å²) in [6.45, 7) is 2.18. The van der Waals surface area contributed by atoms with Crippen LogP contribution in [0.15, 0.2) is 30.3 Å². The van der Waals surface area contributed by atoms with Crippen LogP contribution in [0.1, 0.15) is 12.5 Å². The Balaban J connectivity index is 3.12. The van der Waals surface area contributed by atoms with E-state index in [1.165, 1.54) is 14.2 Å². The number of carbonyl (C=O) groups is 1. The Hall–Kier alpha value is -1.39. The molecule has 0 spiro atoms. The molecule has 1 aromatic carbocycles. The fraction of sp³-hybridized carbons (Fsp3) is 0.462. The Morgan fingerprint density at radius 3 is 2.35 bits per heavy atom. The highest BCUT2D eigenvalue weighted by Gasteiger charge is 2.42. The van der Waals surface area contributed by atoms with Crippen molar-refractivity contribution in [1.82, 2.24) is 0 Å². The first-order valence-corrected chi connectivity index (χ1v) is 5.48. The highest BCUT2D eigenvalue weighted by atomic mass is 16.6. The number of carbonyl (C=O) groups excluding carboxylic acids is 1. The lowest BCUT2D eigenvalue weighted by molar-refractivity contribution is -0.177. The fourth-order valence-electron chi connectivity index (χ4n) is 1.68. The molecule has 17 heavy (non-hydrogen) atoms. The zero-order valence-electron chi connectivity index (χ0n) is 10.4. The Kier molecular flexibility index (Phi) is 5.12. The van der Waals surface area contributed by atoms with Gasteiger partial charge in [0.25, 0.3) is 0 Å².